The van der Waals surface area contributed by atoms with E-state index in [1.807, 2.05) is 57.1 Å². The highest BCUT2D eigenvalue weighted by Gasteiger charge is 2.21. The van der Waals surface area contributed by atoms with Crippen LogP contribution in [0.25, 0.3) is 0 Å². The Labute approximate surface area is 126 Å². The lowest BCUT2D eigenvalue weighted by atomic mass is 10.0. The highest BCUT2D eigenvalue weighted by Crippen LogP contribution is 2.25. The summed E-state index contributed by atoms with van der Waals surface area (Å²) in [5.74, 6) is -0.00739. The number of carbonyl (C=O) groups excluding carboxylic acids is 1. The molecule has 0 aliphatic rings. The summed E-state index contributed by atoms with van der Waals surface area (Å²) < 4.78 is 0. The summed E-state index contributed by atoms with van der Waals surface area (Å²) in [7, 11) is 3.92. The van der Waals surface area contributed by atoms with Gasteiger partial charge in [0.25, 0.3) is 0 Å². The summed E-state index contributed by atoms with van der Waals surface area (Å²) in [5.41, 5.74) is 6.84. The van der Waals surface area contributed by atoms with E-state index in [0.717, 1.165) is 5.56 Å². The van der Waals surface area contributed by atoms with Gasteiger partial charge in [-0.2, -0.15) is 0 Å². The monoisotopic (exact) mass is 297 g/mol. The van der Waals surface area contributed by atoms with Crippen LogP contribution in [0.1, 0.15) is 25.5 Å². The van der Waals surface area contributed by atoms with Crippen molar-refractivity contribution in [1.29, 1.82) is 0 Å². The fourth-order valence-corrected chi connectivity index (χ4v) is 2.20. The van der Waals surface area contributed by atoms with Crippen molar-refractivity contribution in [2.24, 2.45) is 11.7 Å². The quantitative estimate of drug-likeness (QED) is 0.845. The molecule has 2 atom stereocenters. The molecule has 112 valence electrons. The van der Waals surface area contributed by atoms with Crippen LogP contribution in [0, 0.1) is 5.92 Å². The number of halogens is 1. The summed E-state index contributed by atoms with van der Waals surface area (Å²) in [6, 6.07) is 7.21. The van der Waals surface area contributed by atoms with Gasteiger partial charge in [-0.25, -0.2) is 0 Å². The summed E-state index contributed by atoms with van der Waals surface area (Å²) in [4.78, 5) is 14.0. The zero-order valence-corrected chi connectivity index (χ0v) is 13.3. The van der Waals surface area contributed by atoms with Crippen molar-refractivity contribution in [3.05, 3.63) is 34.9 Å². The molecule has 1 amide bonds. The number of carbonyl (C=O) groups is 1. The molecule has 1 rings (SSSR count). The molecule has 20 heavy (non-hydrogen) atoms. The maximum absolute atomic E-state index is 11.9. The first-order valence-corrected chi connectivity index (χ1v) is 7.16. The van der Waals surface area contributed by atoms with Gasteiger partial charge >= 0.3 is 0 Å². The summed E-state index contributed by atoms with van der Waals surface area (Å²) in [6.45, 7) is 4.35. The van der Waals surface area contributed by atoms with Crippen LogP contribution in [0.5, 0.6) is 0 Å². The minimum atomic E-state index is -0.482. The van der Waals surface area contributed by atoms with E-state index in [-0.39, 0.29) is 17.9 Å². The van der Waals surface area contributed by atoms with Gasteiger partial charge in [0.05, 0.1) is 12.1 Å². The van der Waals surface area contributed by atoms with Crippen LogP contribution >= 0.6 is 11.6 Å². The van der Waals surface area contributed by atoms with Crippen molar-refractivity contribution in [2.45, 2.75) is 25.9 Å². The molecule has 1 aromatic rings. The van der Waals surface area contributed by atoms with E-state index in [4.69, 9.17) is 17.3 Å². The van der Waals surface area contributed by atoms with Crippen LogP contribution in [0.4, 0.5) is 0 Å². The molecule has 0 radical (unpaired) electrons. The van der Waals surface area contributed by atoms with E-state index in [0.29, 0.717) is 11.6 Å². The molecule has 0 aliphatic heterocycles. The van der Waals surface area contributed by atoms with Crippen LogP contribution in [0.2, 0.25) is 5.02 Å². The van der Waals surface area contributed by atoms with Gasteiger partial charge in [0.15, 0.2) is 0 Å². The third kappa shape index (κ3) is 4.47. The van der Waals surface area contributed by atoms with Gasteiger partial charge in [-0.3, -0.25) is 4.79 Å². The number of hydrogen-bond acceptors (Lipinski definition) is 3. The largest absolute Gasteiger partial charge is 0.353 e. The standard InChI is InChI=1S/C15H24ClN3O/c1-10(2)14(17)15(20)18-9-13(19(3)4)11-7-5-6-8-12(11)16/h5-8,10,13-14H,9,17H2,1-4H3,(H,18,20)/t13?,14-/m0/s1. The minimum Gasteiger partial charge on any atom is -0.353 e. The normalized spacial score (nSPS) is 14.4. The highest BCUT2D eigenvalue weighted by molar-refractivity contribution is 6.31. The Bertz CT molecular complexity index is 448. The fraction of sp³-hybridized carbons (Fsp3) is 0.533. The molecule has 0 aliphatic carbocycles. The molecular formula is C15H24ClN3O. The Balaban J connectivity index is 2.75. The molecule has 0 saturated carbocycles. The van der Waals surface area contributed by atoms with Gasteiger partial charge in [0, 0.05) is 11.6 Å². The molecule has 0 saturated heterocycles. The zero-order chi connectivity index (χ0) is 15.3. The van der Waals surface area contributed by atoms with Crippen molar-refractivity contribution in [3.8, 4) is 0 Å². The lowest BCUT2D eigenvalue weighted by Gasteiger charge is -2.27. The van der Waals surface area contributed by atoms with Gasteiger partial charge in [0.1, 0.15) is 0 Å². The van der Waals surface area contributed by atoms with Crippen molar-refractivity contribution in [1.82, 2.24) is 10.2 Å². The zero-order valence-electron chi connectivity index (χ0n) is 12.6. The molecule has 0 fully saturated rings. The predicted octanol–water partition coefficient (Wildman–Crippen LogP) is 2.04. The lowest BCUT2D eigenvalue weighted by Crippen LogP contribution is -2.46. The molecule has 0 aromatic heterocycles. The first-order valence-electron chi connectivity index (χ1n) is 6.78. The van der Waals surface area contributed by atoms with E-state index in [1.165, 1.54) is 0 Å². The third-order valence-corrected chi connectivity index (χ3v) is 3.72. The second-order valence-corrected chi connectivity index (χ2v) is 5.92. The summed E-state index contributed by atoms with van der Waals surface area (Å²) in [5, 5.41) is 3.61. The Morgan fingerprint density at radius 1 is 1.35 bits per heavy atom. The number of likely N-dealkylation sites (N-methyl/N-ethyl adjacent to an activating group) is 1. The maximum atomic E-state index is 11.9. The number of nitrogens with one attached hydrogen (secondary N) is 1. The Hall–Kier alpha value is -1.10. The lowest BCUT2D eigenvalue weighted by molar-refractivity contribution is -0.123. The molecule has 1 aromatic carbocycles. The van der Waals surface area contributed by atoms with Crippen LogP contribution < -0.4 is 11.1 Å². The Morgan fingerprint density at radius 3 is 2.45 bits per heavy atom. The second-order valence-electron chi connectivity index (χ2n) is 5.52. The Kier molecular flexibility index (Phi) is 6.46. The topological polar surface area (TPSA) is 58.4 Å². The number of nitrogens with zero attached hydrogens (tertiary/aromatic N) is 1. The molecule has 0 heterocycles. The third-order valence-electron chi connectivity index (χ3n) is 3.38. The number of hydrogen-bond donors (Lipinski definition) is 2. The first kappa shape index (κ1) is 17.0. The fourth-order valence-electron chi connectivity index (χ4n) is 1.93. The molecule has 1 unspecified atom stereocenters. The van der Waals surface area contributed by atoms with Crippen molar-refractivity contribution < 1.29 is 4.79 Å². The SMILES string of the molecule is CC(C)[C@H](N)C(=O)NCC(c1ccccc1Cl)N(C)C. The molecule has 5 heteroatoms. The van der Waals surface area contributed by atoms with Crippen molar-refractivity contribution in [3.63, 3.8) is 0 Å². The first-order chi connectivity index (χ1) is 9.34. The van der Waals surface area contributed by atoms with E-state index < -0.39 is 6.04 Å². The highest BCUT2D eigenvalue weighted by atomic mass is 35.5. The van der Waals surface area contributed by atoms with Crippen LogP contribution in [0.3, 0.4) is 0 Å². The van der Waals surface area contributed by atoms with E-state index in [2.05, 4.69) is 5.32 Å². The molecule has 3 N–H and O–H groups in total. The van der Waals surface area contributed by atoms with Gasteiger partial charge in [-0.1, -0.05) is 43.6 Å². The van der Waals surface area contributed by atoms with Crippen LogP contribution in [0.15, 0.2) is 24.3 Å². The van der Waals surface area contributed by atoms with Gasteiger partial charge in [-0.05, 0) is 31.6 Å². The number of amides is 1. The molecule has 0 bridgehead atoms. The van der Waals surface area contributed by atoms with Crippen molar-refractivity contribution >= 4 is 17.5 Å². The molecular weight excluding hydrogens is 274 g/mol. The second kappa shape index (κ2) is 7.62. The predicted molar refractivity (Wildman–Crippen MR) is 83.7 cm³/mol. The van der Waals surface area contributed by atoms with Crippen LogP contribution in [-0.4, -0.2) is 37.5 Å². The average Bonchev–Trinajstić information content (AvgIpc) is 2.39. The van der Waals surface area contributed by atoms with Gasteiger partial charge < -0.3 is 16.0 Å². The van der Waals surface area contributed by atoms with E-state index >= 15 is 0 Å². The van der Waals surface area contributed by atoms with Gasteiger partial charge in [0.2, 0.25) is 5.91 Å². The minimum absolute atomic E-state index is 0.0204. The van der Waals surface area contributed by atoms with E-state index in [1.54, 1.807) is 0 Å². The summed E-state index contributed by atoms with van der Waals surface area (Å²) in [6.07, 6.45) is 0. The maximum Gasteiger partial charge on any atom is 0.237 e. The van der Waals surface area contributed by atoms with E-state index in [9.17, 15) is 4.79 Å². The van der Waals surface area contributed by atoms with Crippen molar-refractivity contribution in [2.75, 3.05) is 20.6 Å². The molecule has 0 spiro atoms. The number of nitrogens with two attached hydrogens (primary N) is 1. The summed E-state index contributed by atoms with van der Waals surface area (Å²) >= 11 is 6.23. The van der Waals surface area contributed by atoms with Gasteiger partial charge in [-0.15, -0.1) is 0 Å². The number of benzene rings is 1. The number of rotatable bonds is 6. The Morgan fingerprint density at radius 2 is 1.95 bits per heavy atom. The average molecular weight is 298 g/mol. The molecule has 4 nitrogen and oxygen atoms in total. The van der Waals surface area contributed by atoms with Crippen LogP contribution in [-0.2, 0) is 4.79 Å². The smallest absolute Gasteiger partial charge is 0.237 e.